The number of rotatable bonds is 6. The number of hydrogen-bond acceptors (Lipinski definition) is 5. The fourth-order valence-electron chi connectivity index (χ4n) is 2.38. The van der Waals surface area contributed by atoms with Crippen LogP contribution < -0.4 is 10.1 Å². The zero-order valence-corrected chi connectivity index (χ0v) is 13.9. The molecule has 2 heterocycles. The molecule has 6 nitrogen and oxygen atoms in total. The lowest BCUT2D eigenvalue weighted by molar-refractivity contribution is -0.116. The standard InChI is InChI=1S/C16H18N4O2S/c1-3-4-15-18-19-16(23-15)17-14(21)10-20-8-7-11-9-12(22-2)5-6-13(11)20/h5-9H,3-4,10H2,1-2H3,(H,17,19,21). The Bertz CT molecular complexity index is 824. The van der Waals surface area contributed by atoms with Crippen molar-refractivity contribution in [3.05, 3.63) is 35.5 Å². The van der Waals surface area contributed by atoms with E-state index in [4.69, 9.17) is 4.74 Å². The van der Waals surface area contributed by atoms with Gasteiger partial charge in [0.05, 0.1) is 7.11 Å². The number of benzene rings is 1. The van der Waals surface area contributed by atoms with E-state index in [9.17, 15) is 4.79 Å². The van der Waals surface area contributed by atoms with E-state index in [1.54, 1.807) is 7.11 Å². The van der Waals surface area contributed by atoms with Crippen LogP contribution in [0.15, 0.2) is 30.5 Å². The summed E-state index contributed by atoms with van der Waals surface area (Å²) in [5.74, 6) is 0.689. The van der Waals surface area contributed by atoms with Gasteiger partial charge < -0.3 is 9.30 Å². The summed E-state index contributed by atoms with van der Waals surface area (Å²) in [6, 6.07) is 7.76. The molecule has 0 radical (unpaired) electrons. The number of aryl methyl sites for hydroxylation is 1. The Balaban J connectivity index is 1.69. The van der Waals surface area contributed by atoms with Crippen LogP contribution in [0.2, 0.25) is 0 Å². The number of methoxy groups -OCH3 is 1. The van der Waals surface area contributed by atoms with Gasteiger partial charge >= 0.3 is 0 Å². The molecule has 0 bridgehead atoms. The van der Waals surface area contributed by atoms with Gasteiger partial charge in [-0.1, -0.05) is 18.3 Å². The van der Waals surface area contributed by atoms with Crippen molar-refractivity contribution in [1.29, 1.82) is 0 Å². The smallest absolute Gasteiger partial charge is 0.246 e. The summed E-state index contributed by atoms with van der Waals surface area (Å²) in [6.45, 7) is 2.32. The number of carbonyl (C=O) groups excluding carboxylic acids is 1. The minimum absolute atomic E-state index is 0.113. The molecule has 1 aromatic carbocycles. The van der Waals surface area contributed by atoms with Gasteiger partial charge in [-0.25, -0.2) is 0 Å². The van der Waals surface area contributed by atoms with Crippen molar-refractivity contribution >= 4 is 33.3 Å². The van der Waals surface area contributed by atoms with E-state index in [0.717, 1.165) is 34.5 Å². The van der Waals surface area contributed by atoms with Crippen molar-refractivity contribution < 1.29 is 9.53 Å². The van der Waals surface area contributed by atoms with E-state index in [-0.39, 0.29) is 12.5 Å². The van der Waals surface area contributed by atoms with Gasteiger partial charge in [0.1, 0.15) is 17.3 Å². The molecule has 7 heteroatoms. The number of amides is 1. The summed E-state index contributed by atoms with van der Waals surface area (Å²) in [6.07, 6.45) is 3.80. The van der Waals surface area contributed by atoms with E-state index >= 15 is 0 Å². The zero-order valence-electron chi connectivity index (χ0n) is 13.1. The maximum atomic E-state index is 12.2. The lowest BCUT2D eigenvalue weighted by atomic mass is 10.2. The molecule has 23 heavy (non-hydrogen) atoms. The lowest BCUT2D eigenvalue weighted by Crippen LogP contribution is -2.18. The molecule has 0 aliphatic rings. The summed E-state index contributed by atoms with van der Waals surface area (Å²) in [5, 5.41) is 13.4. The van der Waals surface area contributed by atoms with Crippen LogP contribution in [0, 0.1) is 0 Å². The molecule has 3 aromatic rings. The average Bonchev–Trinajstić information content (AvgIpc) is 3.14. The number of carbonyl (C=O) groups is 1. The summed E-state index contributed by atoms with van der Waals surface area (Å²) >= 11 is 1.43. The monoisotopic (exact) mass is 330 g/mol. The largest absolute Gasteiger partial charge is 0.497 e. The SMILES string of the molecule is CCCc1nnc(NC(=O)Cn2ccc3cc(OC)ccc32)s1. The van der Waals surface area contributed by atoms with E-state index in [1.165, 1.54) is 11.3 Å². The molecule has 0 saturated carbocycles. The number of nitrogens with zero attached hydrogens (tertiary/aromatic N) is 3. The number of anilines is 1. The molecule has 0 aliphatic carbocycles. The minimum atomic E-state index is -0.113. The highest BCUT2D eigenvalue weighted by Crippen LogP contribution is 2.22. The molecule has 1 amide bonds. The van der Waals surface area contributed by atoms with E-state index < -0.39 is 0 Å². The van der Waals surface area contributed by atoms with Gasteiger partial charge in [0.25, 0.3) is 0 Å². The third kappa shape index (κ3) is 3.50. The van der Waals surface area contributed by atoms with Gasteiger partial charge in [0, 0.05) is 23.5 Å². The highest BCUT2D eigenvalue weighted by atomic mass is 32.1. The Hall–Kier alpha value is -2.41. The van der Waals surface area contributed by atoms with Crippen LogP contribution in [0.25, 0.3) is 10.9 Å². The van der Waals surface area contributed by atoms with Crippen molar-refractivity contribution in [2.45, 2.75) is 26.3 Å². The van der Waals surface area contributed by atoms with Crippen LogP contribution in [0.1, 0.15) is 18.4 Å². The highest BCUT2D eigenvalue weighted by molar-refractivity contribution is 7.15. The molecular weight excluding hydrogens is 312 g/mol. The highest BCUT2D eigenvalue weighted by Gasteiger charge is 2.10. The van der Waals surface area contributed by atoms with Crippen LogP contribution >= 0.6 is 11.3 Å². The molecule has 2 aromatic heterocycles. The van der Waals surface area contributed by atoms with Gasteiger partial charge in [-0.15, -0.1) is 10.2 Å². The molecule has 0 aliphatic heterocycles. The van der Waals surface area contributed by atoms with Crippen LogP contribution in [0.4, 0.5) is 5.13 Å². The fraction of sp³-hybridized carbons (Fsp3) is 0.312. The second kappa shape index (κ2) is 6.78. The van der Waals surface area contributed by atoms with E-state index in [2.05, 4.69) is 22.4 Å². The third-order valence-electron chi connectivity index (χ3n) is 3.47. The number of hydrogen-bond donors (Lipinski definition) is 1. The molecule has 120 valence electrons. The van der Waals surface area contributed by atoms with Gasteiger partial charge in [-0.2, -0.15) is 0 Å². The van der Waals surface area contributed by atoms with Crippen LogP contribution in [-0.2, 0) is 17.8 Å². The molecule has 1 N–H and O–H groups in total. The van der Waals surface area contributed by atoms with E-state index in [1.807, 2.05) is 35.0 Å². The third-order valence-corrected chi connectivity index (χ3v) is 4.37. The quantitative estimate of drug-likeness (QED) is 0.754. The first-order valence-corrected chi connectivity index (χ1v) is 8.26. The van der Waals surface area contributed by atoms with Crippen molar-refractivity contribution in [1.82, 2.24) is 14.8 Å². The molecule has 0 fully saturated rings. The summed E-state index contributed by atoms with van der Waals surface area (Å²) in [4.78, 5) is 12.2. The lowest BCUT2D eigenvalue weighted by Gasteiger charge is -2.06. The molecule has 0 atom stereocenters. The second-order valence-electron chi connectivity index (χ2n) is 5.17. The topological polar surface area (TPSA) is 69.0 Å². The molecule has 0 unspecified atom stereocenters. The first-order valence-electron chi connectivity index (χ1n) is 7.44. The van der Waals surface area contributed by atoms with Gasteiger partial charge in [0.15, 0.2) is 0 Å². The fourth-order valence-corrected chi connectivity index (χ4v) is 3.23. The minimum Gasteiger partial charge on any atom is -0.497 e. The van der Waals surface area contributed by atoms with Crippen LogP contribution in [0.5, 0.6) is 5.75 Å². The second-order valence-corrected chi connectivity index (χ2v) is 6.23. The number of fused-ring (bicyclic) bond motifs is 1. The van der Waals surface area contributed by atoms with Gasteiger partial charge in [-0.05, 0) is 30.7 Å². The van der Waals surface area contributed by atoms with Crippen molar-refractivity contribution in [3.63, 3.8) is 0 Å². The Morgan fingerprint density at radius 3 is 3.00 bits per heavy atom. The number of aromatic nitrogens is 3. The van der Waals surface area contributed by atoms with Crippen LogP contribution in [0.3, 0.4) is 0 Å². The predicted octanol–water partition coefficient (Wildman–Crippen LogP) is 3.09. The molecule has 0 saturated heterocycles. The summed E-state index contributed by atoms with van der Waals surface area (Å²) in [5.41, 5.74) is 0.991. The van der Waals surface area contributed by atoms with Crippen molar-refractivity contribution in [3.8, 4) is 5.75 Å². The maximum Gasteiger partial charge on any atom is 0.246 e. The first kappa shape index (κ1) is 15.5. The van der Waals surface area contributed by atoms with Crippen molar-refractivity contribution in [2.24, 2.45) is 0 Å². The Labute approximate surface area is 138 Å². The molecular formula is C16H18N4O2S. The normalized spacial score (nSPS) is 10.9. The van der Waals surface area contributed by atoms with Gasteiger partial charge in [0.2, 0.25) is 11.0 Å². The number of ether oxygens (including phenoxy) is 1. The van der Waals surface area contributed by atoms with Crippen LogP contribution in [-0.4, -0.2) is 27.8 Å². The molecule has 3 rings (SSSR count). The Morgan fingerprint density at radius 2 is 2.22 bits per heavy atom. The zero-order chi connectivity index (χ0) is 16.2. The number of nitrogens with one attached hydrogen (secondary N) is 1. The van der Waals surface area contributed by atoms with E-state index in [0.29, 0.717) is 5.13 Å². The first-order chi connectivity index (χ1) is 11.2. The Kier molecular flexibility index (Phi) is 4.57. The predicted molar refractivity (Wildman–Crippen MR) is 91.0 cm³/mol. The average molecular weight is 330 g/mol. The van der Waals surface area contributed by atoms with Crippen molar-refractivity contribution in [2.75, 3.05) is 12.4 Å². The summed E-state index contributed by atoms with van der Waals surface area (Å²) < 4.78 is 7.11. The summed E-state index contributed by atoms with van der Waals surface area (Å²) in [7, 11) is 1.64. The maximum absolute atomic E-state index is 12.2. The molecule has 0 spiro atoms. The Morgan fingerprint density at radius 1 is 1.35 bits per heavy atom. The van der Waals surface area contributed by atoms with Gasteiger partial charge in [-0.3, -0.25) is 10.1 Å².